The number of hydrogen-bond acceptors (Lipinski definition) is 5. The maximum absolute atomic E-state index is 12.7. The number of hydrogen-bond donors (Lipinski definition) is 0. The van der Waals surface area contributed by atoms with Crippen molar-refractivity contribution in [1.29, 1.82) is 0 Å². The highest BCUT2D eigenvalue weighted by molar-refractivity contribution is 7.98. The number of aryl methyl sites for hydroxylation is 2. The van der Waals surface area contributed by atoms with Crippen LogP contribution in [0.25, 0.3) is 0 Å². The van der Waals surface area contributed by atoms with Gasteiger partial charge in [0.05, 0.1) is 23.6 Å². The average molecular weight is 459 g/mol. The molecular formula is C12H15F6N3O5S2+2. The number of alkyl halides is 6. The quantitative estimate of drug-likeness (QED) is 0.200. The zero-order valence-corrected chi connectivity index (χ0v) is 15.7. The van der Waals surface area contributed by atoms with Gasteiger partial charge in [0, 0.05) is 12.5 Å². The highest BCUT2D eigenvalue weighted by Crippen LogP contribution is 2.32. The molecule has 0 spiro atoms. The zero-order valence-electron chi connectivity index (χ0n) is 14.1. The molecule has 160 valence electrons. The first-order chi connectivity index (χ1) is 12.6. The molecule has 0 aliphatic heterocycles. The summed E-state index contributed by atoms with van der Waals surface area (Å²) in [6.07, 6.45) is 4.98. The van der Waals surface area contributed by atoms with Crippen LogP contribution in [0.5, 0.6) is 0 Å². The summed E-state index contributed by atoms with van der Waals surface area (Å²) in [6.45, 7) is 2.44. The van der Waals surface area contributed by atoms with Crippen LogP contribution in [-0.2, 0) is 38.4 Å². The number of nitrogens with zero attached hydrogens (tertiary/aromatic N) is 3. The third-order valence-corrected chi connectivity index (χ3v) is 6.59. The molecule has 0 saturated heterocycles. The highest BCUT2D eigenvalue weighted by Gasteiger charge is 2.68. The molecule has 16 heteroatoms. The van der Waals surface area contributed by atoms with Crippen molar-refractivity contribution in [3.05, 3.63) is 31.4 Å². The van der Waals surface area contributed by atoms with Gasteiger partial charge in [-0.25, -0.2) is 9.13 Å². The van der Waals surface area contributed by atoms with Crippen LogP contribution < -0.4 is 4.57 Å². The fourth-order valence-electron chi connectivity index (χ4n) is 1.80. The predicted octanol–water partition coefficient (Wildman–Crippen LogP) is 1.02. The lowest BCUT2D eigenvalue weighted by Gasteiger charge is -2.11. The largest absolute Gasteiger partial charge is 0.561 e. The van der Waals surface area contributed by atoms with Gasteiger partial charge in [0.1, 0.15) is 12.4 Å². The minimum atomic E-state index is -6.99. The Morgan fingerprint density at radius 3 is 2.00 bits per heavy atom. The van der Waals surface area contributed by atoms with E-state index < -0.39 is 47.0 Å². The summed E-state index contributed by atoms with van der Waals surface area (Å²) in [7, 11) is -12.3. The number of halogens is 6. The van der Waals surface area contributed by atoms with Crippen molar-refractivity contribution in [1.82, 2.24) is 4.57 Å². The molecular weight excluding hydrogens is 444 g/mol. The van der Waals surface area contributed by atoms with E-state index in [1.807, 2.05) is 0 Å². The van der Waals surface area contributed by atoms with E-state index >= 15 is 0 Å². The molecule has 0 saturated carbocycles. The standard InChI is InChI=1S/C12H15F6N3O5S2/c1-3-10(26-8-4-5-20-7-6-19(2)9-20)21(27(22,23)11(13,14)15)28(24,25)12(16,17)18/h3,6-7,9H,1,4-5,8H2,2H3/q+2. The molecule has 0 bridgehead atoms. The third-order valence-electron chi connectivity index (χ3n) is 3.01. The van der Waals surface area contributed by atoms with Crippen LogP contribution in [0, 0.1) is 0 Å². The first-order valence-electron chi connectivity index (χ1n) is 7.12. The van der Waals surface area contributed by atoms with Crippen molar-refractivity contribution in [2.75, 3.05) is 6.61 Å². The van der Waals surface area contributed by atoms with Crippen LogP contribution in [0.15, 0.2) is 31.4 Å². The van der Waals surface area contributed by atoms with E-state index in [1.165, 1.54) is 0 Å². The van der Waals surface area contributed by atoms with Gasteiger partial charge < -0.3 is 4.74 Å². The average Bonchev–Trinajstić information content (AvgIpc) is 2.92. The molecule has 1 heterocycles. The monoisotopic (exact) mass is 459 g/mol. The first kappa shape index (κ1) is 23.9. The van der Waals surface area contributed by atoms with E-state index in [9.17, 15) is 43.2 Å². The Labute approximate surface area is 156 Å². The van der Waals surface area contributed by atoms with Gasteiger partial charge in [-0.1, -0.05) is 6.58 Å². The number of rotatable bonds is 7. The van der Waals surface area contributed by atoms with Crippen molar-refractivity contribution in [3.63, 3.8) is 0 Å². The number of aromatic nitrogens is 2. The van der Waals surface area contributed by atoms with Gasteiger partial charge in [-0.2, -0.15) is 43.2 Å². The lowest BCUT2D eigenvalue weighted by atomic mass is 10.4. The van der Waals surface area contributed by atoms with Gasteiger partial charge in [-0.3, -0.25) is 0 Å². The van der Waals surface area contributed by atoms with Crippen molar-refractivity contribution in [2.24, 2.45) is 7.05 Å². The van der Waals surface area contributed by atoms with Crippen molar-refractivity contribution < 1.29 is 55.9 Å². The molecule has 28 heavy (non-hydrogen) atoms. The molecule has 0 atom stereocenters. The fourth-order valence-corrected chi connectivity index (χ4v) is 4.44. The summed E-state index contributed by atoms with van der Waals surface area (Å²) < 4.78 is 128. The highest BCUT2D eigenvalue weighted by atomic mass is 32.3. The van der Waals surface area contributed by atoms with Gasteiger partial charge >= 0.3 is 37.0 Å². The first-order valence-corrected chi connectivity index (χ1v) is 10.00. The van der Waals surface area contributed by atoms with Crippen LogP contribution in [0.1, 0.15) is 6.42 Å². The molecule has 1 aromatic heterocycles. The lowest BCUT2D eigenvalue weighted by Crippen LogP contribution is -2.46. The molecule has 0 fully saturated rings. The molecule has 0 aromatic carbocycles. The van der Waals surface area contributed by atoms with Gasteiger partial charge in [0.2, 0.25) is 6.33 Å². The second-order valence-corrected chi connectivity index (χ2v) is 8.95. The van der Waals surface area contributed by atoms with Crippen molar-refractivity contribution in [2.45, 2.75) is 24.0 Å². The summed E-state index contributed by atoms with van der Waals surface area (Å²) in [5, 5.41) is 0. The fraction of sp³-hybridized carbons (Fsp3) is 0.500. The molecule has 8 nitrogen and oxygen atoms in total. The second kappa shape index (κ2) is 8.10. The SMILES string of the molecule is C=CC(OCCCn1cc[n+](C)c1)=[N+](S(=O)(=O)C(F)(F)F)S(=O)(=O)C(F)(F)F. The Morgan fingerprint density at radius 2 is 1.64 bits per heavy atom. The van der Waals surface area contributed by atoms with Crippen LogP contribution >= 0.6 is 0 Å². The minimum Gasteiger partial charge on any atom is -0.443 e. The molecule has 0 unspecified atom stereocenters. The number of imidazole rings is 1. The molecule has 0 radical (unpaired) electrons. The number of ether oxygens (including phenoxy) is 1. The van der Waals surface area contributed by atoms with Crippen LogP contribution in [0.2, 0.25) is 0 Å². The van der Waals surface area contributed by atoms with Crippen molar-refractivity contribution in [3.8, 4) is 0 Å². The van der Waals surface area contributed by atoms with Crippen LogP contribution in [-0.4, -0.2) is 48.3 Å². The van der Waals surface area contributed by atoms with Crippen LogP contribution in [0.4, 0.5) is 26.3 Å². The van der Waals surface area contributed by atoms with E-state index in [-0.39, 0.29) is 19.0 Å². The maximum atomic E-state index is 12.7. The maximum Gasteiger partial charge on any atom is 0.561 e. The minimum absolute atomic E-state index is 0.00199. The molecule has 0 aliphatic carbocycles. The molecule has 0 aliphatic rings. The van der Waals surface area contributed by atoms with Crippen molar-refractivity contribution >= 4 is 25.9 Å². The summed E-state index contributed by atoms with van der Waals surface area (Å²) in [5.74, 6) is -1.74. The molecule has 1 rings (SSSR count). The van der Waals surface area contributed by atoms with Gasteiger partial charge in [-0.15, -0.1) is 0 Å². The smallest absolute Gasteiger partial charge is 0.443 e. The summed E-state index contributed by atoms with van der Waals surface area (Å²) in [5.41, 5.74) is -12.7. The van der Waals surface area contributed by atoms with Crippen LogP contribution in [0.3, 0.4) is 0 Å². The Balaban J connectivity index is 3.30. The Kier molecular flexibility index (Phi) is 6.93. The summed E-state index contributed by atoms with van der Waals surface area (Å²) >= 11 is 0. The van der Waals surface area contributed by atoms with Gasteiger partial charge in [-0.05, 0) is 0 Å². The van der Waals surface area contributed by atoms with Gasteiger partial charge in [0.15, 0.2) is 0 Å². The van der Waals surface area contributed by atoms with E-state index in [2.05, 4.69) is 11.3 Å². The van der Waals surface area contributed by atoms with Gasteiger partial charge in [0.25, 0.3) is 0 Å². The predicted molar refractivity (Wildman–Crippen MR) is 81.6 cm³/mol. The normalized spacial score (nSPS) is 13.2. The Bertz CT molecular complexity index is 915. The second-order valence-electron chi connectivity index (χ2n) is 5.16. The van der Waals surface area contributed by atoms with E-state index in [1.54, 1.807) is 34.9 Å². The summed E-state index contributed by atoms with van der Waals surface area (Å²) in [4.78, 5) is 0. The molecule has 1 aromatic rings. The summed E-state index contributed by atoms with van der Waals surface area (Å²) in [6, 6.07) is 0. The molecule has 0 N–H and O–H groups in total. The number of sulfonamides is 2. The topological polar surface area (TPSA) is 89.3 Å². The third kappa shape index (κ3) is 5.03. The lowest BCUT2D eigenvalue weighted by molar-refractivity contribution is -0.671. The van der Waals surface area contributed by atoms with E-state index in [0.29, 0.717) is 0 Å². The van der Waals surface area contributed by atoms with E-state index in [4.69, 9.17) is 0 Å². The zero-order chi connectivity index (χ0) is 22.0. The Hall–Kier alpha value is -2.10. The van der Waals surface area contributed by atoms with E-state index in [0.717, 1.165) is 0 Å². The Morgan fingerprint density at radius 1 is 1.14 bits per heavy atom. The molecule has 0 amide bonds.